The second kappa shape index (κ2) is 2.51. The summed E-state index contributed by atoms with van der Waals surface area (Å²) < 4.78 is 25.5. The van der Waals surface area contributed by atoms with Gasteiger partial charge in [-0.2, -0.15) is 0 Å². The molecule has 0 heterocycles. The average Bonchev–Trinajstić information content (AvgIpc) is 2.51. The molecule has 3 heteroatoms. The zero-order valence-electron chi connectivity index (χ0n) is 7.13. The molecular weight excluding hydrogens is 172 g/mol. The van der Waals surface area contributed by atoms with E-state index in [2.05, 4.69) is 0 Å². The molecule has 2 rings (SSSR count). The van der Waals surface area contributed by atoms with Crippen LogP contribution in [0.3, 0.4) is 0 Å². The van der Waals surface area contributed by atoms with E-state index in [1.807, 2.05) is 30.3 Å². The molecule has 1 aromatic carbocycles. The fourth-order valence-corrected chi connectivity index (χ4v) is 1.50. The molecule has 0 aromatic heterocycles. The van der Waals surface area contributed by atoms with Gasteiger partial charge in [-0.15, -0.1) is 0 Å². The van der Waals surface area contributed by atoms with Crippen LogP contribution in [0.2, 0.25) is 0 Å². The molecule has 1 aliphatic rings. The number of nitrogens with two attached hydrogens (primary N) is 1. The van der Waals surface area contributed by atoms with Gasteiger partial charge in [-0.1, -0.05) is 30.3 Å². The summed E-state index contributed by atoms with van der Waals surface area (Å²) in [7, 11) is 0. The largest absolute Gasteiger partial charge is 0.320 e. The monoisotopic (exact) mass is 183 g/mol. The Morgan fingerprint density at radius 3 is 2.23 bits per heavy atom. The summed E-state index contributed by atoms with van der Waals surface area (Å²) in [6.07, 6.45) is 0.0791. The summed E-state index contributed by atoms with van der Waals surface area (Å²) in [5.41, 5.74) is 5.10. The van der Waals surface area contributed by atoms with Crippen LogP contribution >= 0.6 is 0 Å². The van der Waals surface area contributed by atoms with Crippen molar-refractivity contribution in [3.05, 3.63) is 35.9 Å². The van der Waals surface area contributed by atoms with Gasteiger partial charge in [-0.25, -0.2) is 8.78 Å². The van der Waals surface area contributed by atoms with Crippen LogP contribution in [-0.4, -0.2) is 11.5 Å². The number of halogens is 2. The predicted molar refractivity (Wildman–Crippen MR) is 46.6 cm³/mol. The molecular formula is C10H11F2N. The molecule has 1 aromatic rings. The van der Waals surface area contributed by atoms with E-state index in [9.17, 15) is 8.78 Å². The van der Waals surface area contributed by atoms with Crippen molar-refractivity contribution < 1.29 is 8.78 Å². The van der Waals surface area contributed by atoms with E-state index in [4.69, 9.17) is 5.73 Å². The van der Waals surface area contributed by atoms with E-state index in [-0.39, 0.29) is 12.8 Å². The minimum absolute atomic E-state index is 0.186. The molecule has 70 valence electrons. The van der Waals surface area contributed by atoms with Crippen LogP contribution in [0.25, 0.3) is 0 Å². The van der Waals surface area contributed by atoms with Crippen molar-refractivity contribution >= 4 is 0 Å². The van der Waals surface area contributed by atoms with Crippen molar-refractivity contribution in [1.82, 2.24) is 0 Å². The Balaban J connectivity index is 2.09. The molecule has 1 atom stereocenters. The third kappa shape index (κ3) is 1.44. The zero-order valence-corrected chi connectivity index (χ0v) is 7.13. The van der Waals surface area contributed by atoms with Crippen LogP contribution in [0.5, 0.6) is 0 Å². The number of hydrogen-bond donors (Lipinski definition) is 1. The number of alkyl halides is 2. The first kappa shape index (κ1) is 8.63. The van der Waals surface area contributed by atoms with Gasteiger partial charge in [-0.05, 0) is 12.0 Å². The van der Waals surface area contributed by atoms with Crippen LogP contribution in [0, 0.1) is 0 Å². The predicted octanol–water partition coefficient (Wildman–Crippen LogP) is 1.97. The van der Waals surface area contributed by atoms with Gasteiger partial charge in [0.2, 0.25) is 0 Å². The molecule has 13 heavy (non-hydrogen) atoms. The molecule has 2 N–H and O–H groups in total. The lowest BCUT2D eigenvalue weighted by atomic mass is 10.1. The summed E-state index contributed by atoms with van der Waals surface area (Å²) >= 11 is 0. The van der Waals surface area contributed by atoms with Crippen molar-refractivity contribution in [2.75, 3.05) is 0 Å². The fraction of sp³-hybridized carbons (Fsp3) is 0.400. The molecule has 1 saturated carbocycles. The molecule has 1 fully saturated rings. The minimum atomic E-state index is -2.66. The maximum Gasteiger partial charge on any atom is 0.268 e. The summed E-state index contributed by atoms with van der Waals surface area (Å²) in [6, 6.07) is 9.17. The lowest BCUT2D eigenvalue weighted by molar-refractivity contribution is 0.0894. The van der Waals surface area contributed by atoms with E-state index in [1.165, 1.54) is 0 Å². The lowest BCUT2D eigenvalue weighted by Gasteiger charge is -2.09. The van der Waals surface area contributed by atoms with Crippen LogP contribution in [0.15, 0.2) is 30.3 Å². The molecule has 1 unspecified atom stereocenters. The summed E-state index contributed by atoms with van der Waals surface area (Å²) in [6.45, 7) is 0. The molecule has 0 spiro atoms. The first-order valence-electron chi connectivity index (χ1n) is 4.24. The Labute approximate surface area is 75.6 Å². The van der Waals surface area contributed by atoms with Gasteiger partial charge in [0.1, 0.15) is 0 Å². The summed E-state index contributed by atoms with van der Waals surface area (Å²) in [5.74, 6) is -2.66. The zero-order chi connectivity index (χ0) is 9.53. The van der Waals surface area contributed by atoms with Crippen LogP contribution in [-0.2, 0) is 6.42 Å². The Morgan fingerprint density at radius 2 is 1.77 bits per heavy atom. The molecule has 0 saturated heterocycles. The van der Waals surface area contributed by atoms with Crippen LogP contribution in [0.1, 0.15) is 12.0 Å². The molecule has 1 nitrogen and oxygen atoms in total. The van der Waals surface area contributed by atoms with E-state index < -0.39 is 11.5 Å². The summed E-state index contributed by atoms with van der Waals surface area (Å²) in [4.78, 5) is 0. The Bertz CT molecular complexity index is 310. The van der Waals surface area contributed by atoms with Crippen LogP contribution in [0.4, 0.5) is 8.78 Å². The van der Waals surface area contributed by atoms with Gasteiger partial charge in [0.15, 0.2) is 0 Å². The maximum atomic E-state index is 12.7. The maximum absolute atomic E-state index is 12.7. The highest BCUT2D eigenvalue weighted by atomic mass is 19.3. The van der Waals surface area contributed by atoms with Crippen molar-refractivity contribution in [3.8, 4) is 0 Å². The normalized spacial score (nSPS) is 30.1. The second-order valence-electron chi connectivity index (χ2n) is 3.70. The highest BCUT2D eigenvalue weighted by Crippen LogP contribution is 2.52. The third-order valence-corrected chi connectivity index (χ3v) is 2.50. The van der Waals surface area contributed by atoms with E-state index in [0.717, 1.165) is 5.56 Å². The van der Waals surface area contributed by atoms with Crippen molar-refractivity contribution in [2.24, 2.45) is 5.73 Å². The number of rotatable bonds is 2. The van der Waals surface area contributed by atoms with Gasteiger partial charge in [0, 0.05) is 6.42 Å². The smallest absolute Gasteiger partial charge is 0.268 e. The quantitative estimate of drug-likeness (QED) is 0.745. The fourth-order valence-electron chi connectivity index (χ4n) is 1.50. The van der Waals surface area contributed by atoms with Gasteiger partial charge >= 0.3 is 0 Å². The number of benzene rings is 1. The van der Waals surface area contributed by atoms with Gasteiger partial charge in [-0.3, -0.25) is 0 Å². The highest BCUT2D eigenvalue weighted by Gasteiger charge is 2.68. The number of hydrogen-bond acceptors (Lipinski definition) is 1. The average molecular weight is 183 g/mol. The van der Waals surface area contributed by atoms with Gasteiger partial charge < -0.3 is 5.73 Å². The first-order valence-corrected chi connectivity index (χ1v) is 4.24. The van der Waals surface area contributed by atoms with E-state index in [1.54, 1.807) is 0 Å². The molecule has 1 aliphatic carbocycles. The first-order chi connectivity index (χ1) is 6.04. The topological polar surface area (TPSA) is 26.0 Å². The molecule has 0 bridgehead atoms. The van der Waals surface area contributed by atoms with Crippen LogP contribution < -0.4 is 5.73 Å². The van der Waals surface area contributed by atoms with Crippen molar-refractivity contribution in [3.63, 3.8) is 0 Å². The van der Waals surface area contributed by atoms with Gasteiger partial charge in [0.05, 0.1) is 5.54 Å². The SMILES string of the molecule is NC1(Cc2ccccc2)CC1(F)F. The Morgan fingerprint density at radius 1 is 1.23 bits per heavy atom. The Hall–Kier alpha value is -0.960. The van der Waals surface area contributed by atoms with Crippen molar-refractivity contribution in [1.29, 1.82) is 0 Å². The minimum Gasteiger partial charge on any atom is -0.320 e. The van der Waals surface area contributed by atoms with Crippen molar-refractivity contribution in [2.45, 2.75) is 24.3 Å². The van der Waals surface area contributed by atoms with E-state index >= 15 is 0 Å². The standard InChI is InChI=1S/C10H11F2N/c11-10(12)7-9(10,13)6-8-4-2-1-3-5-8/h1-5H,6-7,13H2. The second-order valence-corrected chi connectivity index (χ2v) is 3.70. The third-order valence-electron chi connectivity index (χ3n) is 2.50. The molecule has 0 aliphatic heterocycles. The van der Waals surface area contributed by atoms with Gasteiger partial charge in [0.25, 0.3) is 5.92 Å². The molecule has 0 amide bonds. The summed E-state index contributed by atoms with van der Waals surface area (Å²) in [5, 5.41) is 0. The van der Waals surface area contributed by atoms with E-state index in [0.29, 0.717) is 0 Å². The lowest BCUT2D eigenvalue weighted by Crippen LogP contribution is -2.32. The Kier molecular flexibility index (Phi) is 1.67. The highest BCUT2D eigenvalue weighted by molar-refractivity contribution is 5.26. The molecule has 0 radical (unpaired) electrons.